The Kier molecular flexibility index (Phi) is 4.65. The molecule has 1 amide bonds. The van der Waals surface area contributed by atoms with E-state index in [1.807, 2.05) is 12.1 Å². The number of rotatable bonds is 3. The largest absolute Gasteiger partial charge is 0.508 e. The first kappa shape index (κ1) is 16.4. The molecule has 0 unspecified atom stereocenters. The quantitative estimate of drug-likeness (QED) is 0.912. The van der Waals surface area contributed by atoms with Crippen LogP contribution in [0.15, 0.2) is 24.3 Å². The van der Waals surface area contributed by atoms with Gasteiger partial charge >= 0.3 is 0 Å². The van der Waals surface area contributed by atoms with Crippen molar-refractivity contribution in [1.29, 1.82) is 0 Å². The number of hydrogen-bond acceptors (Lipinski definition) is 2. The number of benzene rings is 1. The minimum atomic E-state index is 0.0306. The predicted octanol–water partition coefficient (Wildman–Crippen LogP) is 4.10. The standard InChI is InChI=1S/C20H29NO2/c1-15-14-21(19(23)12-16-6-3-4-7-16)11-10-20(15,2)17-8-5-9-18(22)13-17/h5,8-9,13,15-16,22H,3-4,6-7,10-12,14H2,1-2H3/t15-,20+/m0/s1. The Labute approximate surface area is 139 Å². The van der Waals surface area contributed by atoms with Crippen LogP contribution in [0.1, 0.15) is 57.9 Å². The van der Waals surface area contributed by atoms with E-state index in [1.165, 1.54) is 31.2 Å². The second-order valence-corrected chi connectivity index (χ2v) is 7.81. The number of likely N-dealkylation sites (tertiary alicyclic amines) is 1. The Hall–Kier alpha value is -1.51. The van der Waals surface area contributed by atoms with E-state index in [0.29, 0.717) is 23.5 Å². The van der Waals surface area contributed by atoms with Gasteiger partial charge in [0.25, 0.3) is 0 Å². The molecule has 1 aromatic rings. The van der Waals surface area contributed by atoms with E-state index in [0.717, 1.165) is 25.9 Å². The zero-order valence-electron chi connectivity index (χ0n) is 14.4. The van der Waals surface area contributed by atoms with Gasteiger partial charge < -0.3 is 10.0 Å². The van der Waals surface area contributed by atoms with Gasteiger partial charge in [0.2, 0.25) is 5.91 Å². The molecule has 23 heavy (non-hydrogen) atoms. The van der Waals surface area contributed by atoms with E-state index in [4.69, 9.17) is 0 Å². The van der Waals surface area contributed by atoms with Gasteiger partial charge in [-0.2, -0.15) is 0 Å². The second kappa shape index (κ2) is 6.54. The molecule has 3 heteroatoms. The summed E-state index contributed by atoms with van der Waals surface area (Å²) < 4.78 is 0. The summed E-state index contributed by atoms with van der Waals surface area (Å²) in [5, 5.41) is 9.78. The minimum Gasteiger partial charge on any atom is -0.508 e. The first-order valence-corrected chi connectivity index (χ1v) is 9.06. The molecule has 1 aliphatic carbocycles. The fourth-order valence-electron chi connectivity index (χ4n) is 4.34. The lowest BCUT2D eigenvalue weighted by molar-refractivity contribution is -0.135. The Morgan fingerprint density at radius 2 is 2.09 bits per heavy atom. The summed E-state index contributed by atoms with van der Waals surface area (Å²) >= 11 is 0. The molecule has 1 aromatic carbocycles. The normalized spacial score (nSPS) is 29.0. The number of phenolic OH excluding ortho intramolecular Hbond substituents is 1. The van der Waals surface area contributed by atoms with Crippen molar-refractivity contribution in [1.82, 2.24) is 4.90 Å². The third kappa shape index (κ3) is 3.39. The van der Waals surface area contributed by atoms with E-state index in [2.05, 4.69) is 24.8 Å². The molecule has 2 atom stereocenters. The predicted molar refractivity (Wildman–Crippen MR) is 92.4 cm³/mol. The first-order valence-electron chi connectivity index (χ1n) is 9.06. The van der Waals surface area contributed by atoms with E-state index in [1.54, 1.807) is 6.07 Å². The lowest BCUT2D eigenvalue weighted by Gasteiger charge is -2.45. The fraction of sp³-hybridized carbons (Fsp3) is 0.650. The van der Waals surface area contributed by atoms with Crippen LogP contribution in [0.5, 0.6) is 5.75 Å². The van der Waals surface area contributed by atoms with Gasteiger partial charge in [-0.15, -0.1) is 0 Å². The molecular weight excluding hydrogens is 286 g/mol. The fourth-order valence-corrected chi connectivity index (χ4v) is 4.34. The maximum atomic E-state index is 12.6. The first-order chi connectivity index (χ1) is 11.0. The van der Waals surface area contributed by atoms with Crippen LogP contribution in [-0.4, -0.2) is 29.0 Å². The maximum absolute atomic E-state index is 12.6. The Balaban J connectivity index is 1.65. The van der Waals surface area contributed by atoms with Crippen LogP contribution >= 0.6 is 0 Å². The lowest BCUT2D eigenvalue weighted by Crippen LogP contribution is -2.49. The number of amides is 1. The molecule has 1 aliphatic heterocycles. The van der Waals surface area contributed by atoms with Gasteiger partial charge in [0, 0.05) is 19.5 Å². The molecule has 1 saturated carbocycles. The van der Waals surface area contributed by atoms with Crippen molar-refractivity contribution >= 4 is 5.91 Å². The van der Waals surface area contributed by atoms with Crippen LogP contribution in [0.25, 0.3) is 0 Å². The molecule has 3 rings (SSSR count). The van der Waals surface area contributed by atoms with Gasteiger partial charge in [-0.25, -0.2) is 0 Å². The molecular formula is C20H29NO2. The Bertz CT molecular complexity index is 565. The van der Waals surface area contributed by atoms with Crippen LogP contribution < -0.4 is 0 Å². The zero-order valence-corrected chi connectivity index (χ0v) is 14.4. The third-order valence-electron chi connectivity index (χ3n) is 6.28. The molecule has 0 spiro atoms. The van der Waals surface area contributed by atoms with E-state index in [-0.39, 0.29) is 5.41 Å². The second-order valence-electron chi connectivity index (χ2n) is 7.81. The van der Waals surface area contributed by atoms with Gasteiger partial charge in [-0.1, -0.05) is 38.8 Å². The van der Waals surface area contributed by atoms with Gasteiger partial charge in [-0.05, 0) is 54.2 Å². The zero-order chi connectivity index (χ0) is 16.4. The summed E-state index contributed by atoms with van der Waals surface area (Å²) in [5.41, 5.74) is 1.22. The van der Waals surface area contributed by atoms with Crippen molar-refractivity contribution in [3.8, 4) is 5.75 Å². The van der Waals surface area contributed by atoms with Gasteiger partial charge in [0.05, 0.1) is 0 Å². The number of carbonyl (C=O) groups is 1. The molecule has 3 nitrogen and oxygen atoms in total. The average molecular weight is 315 g/mol. The van der Waals surface area contributed by atoms with E-state index >= 15 is 0 Å². The monoisotopic (exact) mass is 315 g/mol. The molecule has 0 aromatic heterocycles. The van der Waals surface area contributed by atoms with Crippen molar-refractivity contribution < 1.29 is 9.90 Å². The van der Waals surface area contributed by atoms with Crippen LogP contribution in [0.2, 0.25) is 0 Å². The highest BCUT2D eigenvalue weighted by Gasteiger charge is 2.39. The molecule has 0 bridgehead atoms. The number of nitrogens with zero attached hydrogens (tertiary/aromatic N) is 1. The molecule has 2 aliphatic rings. The minimum absolute atomic E-state index is 0.0306. The molecule has 2 fully saturated rings. The third-order valence-corrected chi connectivity index (χ3v) is 6.28. The van der Waals surface area contributed by atoms with Crippen molar-refractivity contribution in [2.24, 2.45) is 11.8 Å². The van der Waals surface area contributed by atoms with Gasteiger partial charge in [0.1, 0.15) is 5.75 Å². The smallest absolute Gasteiger partial charge is 0.222 e. The number of hydrogen-bond donors (Lipinski definition) is 1. The van der Waals surface area contributed by atoms with Gasteiger partial charge in [-0.3, -0.25) is 4.79 Å². The lowest BCUT2D eigenvalue weighted by atomic mass is 9.68. The topological polar surface area (TPSA) is 40.5 Å². The summed E-state index contributed by atoms with van der Waals surface area (Å²) in [7, 11) is 0. The van der Waals surface area contributed by atoms with Crippen molar-refractivity contribution in [2.75, 3.05) is 13.1 Å². The molecule has 0 radical (unpaired) electrons. The van der Waals surface area contributed by atoms with Gasteiger partial charge in [0.15, 0.2) is 0 Å². The number of piperidine rings is 1. The number of aromatic hydroxyl groups is 1. The molecule has 1 heterocycles. The number of carbonyl (C=O) groups excluding carboxylic acids is 1. The molecule has 1 N–H and O–H groups in total. The summed E-state index contributed by atoms with van der Waals surface area (Å²) in [5.74, 6) is 1.69. The Morgan fingerprint density at radius 3 is 2.74 bits per heavy atom. The van der Waals surface area contributed by atoms with Crippen molar-refractivity contribution in [3.63, 3.8) is 0 Å². The van der Waals surface area contributed by atoms with E-state index < -0.39 is 0 Å². The van der Waals surface area contributed by atoms with Crippen LogP contribution in [0, 0.1) is 11.8 Å². The molecule has 126 valence electrons. The van der Waals surface area contributed by atoms with Crippen molar-refractivity contribution in [2.45, 2.75) is 57.8 Å². The van der Waals surface area contributed by atoms with Crippen LogP contribution in [0.3, 0.4) is 0 Å². The Morgan fingerprint density at radius 1 is 1.35 bits per heavy atom. The highest BCUT2D eigenvalue weighted by Crippen LogP contribution is 2.40. The summed E-state index contributed by atoms with van der Waals surface area (Å²) in [6.45, 7) is 6.17. The average Bonchev–Trinajstić information content (AvgIpc) is 3.03. The highest BCUT2D eigenvalue weighted by atomic mass is 16.3. The number of phenols is 1. The van der Waals surface area contributed by atoms with Crippen LogP contribution in [0.4, 0.5) is 0 Å². The maximum Gasteiger partial charge on any atom is 0.222 e. The van der Waals surface area contributed by atoms with E-state index in [9.17, 15) is 9.90 Å². The summed E-state index contributed by atoms with van der Waals surface area (Å²) in [6.07, 6.45) is 6.77. The summed E-state index contributed by atoms with van der Waals surface area (Å²) in [4.78, 5) is 14.7. The SMILES string of the molecule is C[C@H]1CN(C(=O)CC2CCCC2)CC[C@@]1(C)c1cccc(O)c1. The molecule has 1 saturated heterocycles. The van der Waals surface area contributed by atoms with Crippen LogP contribution in [-0.2, 0) is 10.2 Å². The summed E-state index contributed by atoms with van der Waals surface area (Å²) in [6, 6.07) is 7.62. The van der Waals surface area contributed by atoms with Crippen molar-refractivity contribution in [3.05, 3.63) is 29.8 Å². The highest BCUT2D eigenvalue weighted by molar-refractivity contribution is 5.76.